The molecule has 0 unspecified atom stereocenters. The Labute approximate surface area is 149 Å². The predicted molar refractivity (Wildman–Crippen MR) is 99.3 cm³/mol. The van der Waals surface area contributed by atoms with E-state index in [0.717, 1.165) is 16.5 Å². The number of fused-ring (bicyclic) bond motifs is 1. The van der Waals surface area contributed by atoms with Crippen molar-refractivity contribution in [2.75, 3.05) is 0 Å². The molecule has 4 heteroatoms. The van der Waals surface area contributed by atoms with E-state index in [2.05, 4.69) is 0 Å². The summed E-state index contributed by atoms with van der Waals surface area (Å²) < 4.78 is 10.6. The molecule has 0 aliphatic carbocycles. The van der Waals surface area contributed by atoms with E-state index in [1.54, 1.807) is 36.4 Å². The van der Waals surface area contributed by atoms with Gasteiger partial charge in [0.05, 0.1) is 5.56 Å². The lowest BCUT2D eigenvalue weighted by molar-refractivity contribution is 0.0735. The maximum atomic E-state index is 12.7. The predicted octanol–water partition coefficient (Wildman–Crippen LogP) is 4.68. The monoisotopic (exact) mass is 342 g/mol. The number of esters is 1. The van der Waals surface area contributed by atoms with Crippen LogP contribution in [0.1, 0.15) is 10.4 Å². The molecule has 3 aromatic carbocycles. The Morgan fingerprint density at radius 3 is 2.38 bits per heavy atom. The van der Waals surface area contributed by atoms with Crippen LogP contribution in [0.4, 0.5) is 0 Å². The molecule has 0 aliphatic rings. The van der Waals surface area contributed by atoms with Crippen molar-refractivity contribution < 1.29 is 13.9 Å². The van der Waals surface area contributed by atoms with Gasteiger partial charge >= 0.3 is 11.6 Å². The molecule has 0 aliphatic heterocycles. The summed E-state index contributed by atoms with van der Waals surface area (Å²) >= 11 is 0. The highest BCUT2D eigenvalue weighted by molar-refractivity contribution is 5.98. The highest BCUT2D eigenvalue weighted by Gasteiger charge is 2.15. The van der Waals surface area contributed by atoms with Crippen molar-refractivity contribution >= 4 is 16.9 Å². The second-order valence-electron chi connectivity index (χ2n) is 5.76. The molecule has 0 atom stereocenters. The van der Waals surface area contributed by atoms with Crippen LogP contribution in [-0.4, -0.2) is 5.97 Å². The molecule has 4 rings (SSSR count). The van der Waals surface area contributed by atoms with E-state index in [4.69, 9.17) is 9.15 Å². The van der Waals surface area contributed by atoms with Gasteiger partial charge in [-0.25, -0.2) is 9.59 Å². The van der Waals surface area contributed by atoms with Crippen molar-refractivity contribution in [1.82, 2.24) is 0 Å². The normalized spacial score (nSPS) is 10.6. The lowest BCUT2D eigenvalue weighted by Gasteiger charge is -2.10. The van der Waals surface area contributed by atoms with Crippen LogP contribution in [0.3, 0.4) is 0 Å². The summed E-state index contributed by atoms with van der Waals surface area (Å²) in [5.41, 5.74) is 2.12. The first-order valence-electron chi connectivity index (χ1n) is 8.11. The number of carbonyl (C=O) groups excluding carboxylic acids is 1. The summed E-state index contributed by atoms with van der Waals surface area (Å²) in [4.78, 5) is 24.1. The van der Waals surface area contributed by atoms with Crippen molar-refractivity contribution in [1.29, 1.82) is 0 Å². The van der Waals surface area contributed by atoms with Crippen LogP contribution in [-0.2, 0) is 0 Å². The van der Waals surface area contributed by atoms with E-state index in [1.807, 2.05) is 42.5 Å². The van der Waals surface area contributed by atoms with Crippen molar-refractivity contribution in [2.24, 2.45) is 0 Å². The first kappa shape index (κ1) is 15.8. The molecule has 0 N–H and O–H groups in total. The Morgan fingerprint density at radius 2 is 1.54 bits per heavy atom. The van der Waals surface area contributed by atoms with E-state index < -0.39 is 11.6 Å². The molecule has 1 aromatic heterocycles. The Balaban J connectivity index is 1.68. The van der Waals surface area contributed by atoms with E-state index in [0.29, 0.717) is 16.9 Å². The molecule has 26 heavy (non-hydrogen) atoms. The zero-order valence-electron chi connectivity index (χ0n) is 13.7. The number of hydrogen-bond donors (Lipinski definition) is 0. The lowest BCUT2D eigenvalue weighted by atomic mass is 10.00. The average Bonchev–Trinajstić information content (AvgIpc) is 2.68. The smallest absolute Gasteiger partial charge is 0.344 e. The number of rotatable bonds is 3. The molecule has 0 amide bonds. The standard InChI is InChI=1S/C22H14O4/c23-21-13-11-16-10-12-17(14-20(16)26-21)25-22(24)19-9-5-4-8-18(19)15-6-2-1-3-7-15/h1-14H. The van der Waals surface area contributed by atoms with Gasteiger partial charge in [0.2, 0.25) is 0 Å². The van der Waals surface area contributed by atoms with Gasteiger partial charge < -0.3 is 9.15 Å². The summed E-state index contributed by atoms with van der Waals surface area (Å²) in [6.07, 6.45) is 0. The molecule has 4 nitrogen and oxygen atoms in total. The van der Waals surface area contributed by atoms with Gasteiger partial charge in [-0.15, -0.1) is 0 Å². The molecule has 0 fully saturated rings. The van der Waals surface area contributed by atoms with E-state index >= 15 is 0 Å². The third-order valence-corrected chi connectivity index (χ3v) is 4.04. The zero-order chi connectivity index (χ0) is 17.9. The molecule has 0 spiro atoms. The van der Waals surface area contributed by atoms with Crippen LogP contribution in [0.25, 0.3) is 22.1 Å². The summed E-state index contributed by atoms with van der Waals surface area (Å²) in [7, 11) is 0. The van der Waals surface area contributed by atoms with Crippen LogP contribution < -0.4 is 10.4 Å². The summed E-state index contributed by atoms with van der Waals surface area (Å²) in [5, 5.41) is 0.758. The number of benzene rings is 3. The molecule has 0 saturated heterocycles. The highest BCUT2D eigenvalue weighted by Crippen LogP contribution is 2.26. The molecule has 0 bridgehead atoms. The maximum absolute atomic E-state index is 12.7. The first-order valence-corrected chi connectivity index (χ1v) is 8.11. The Bertz CT molecular complexity index is 1140. The van der Waals surface area contributed by atoms with Crippen LogP contribution in [0.2, 0.25) is 0 Å². The Kier molecular flexibility index (Phi) is 4.07. The van der Waals surface area contributed by atoms with Gasteiger partial charge in [0.25, 0.3) is 0 Å². The molecule has 0 radical (unpaired) electrons. The fraction of sp³-hybridized carbons (Fsp3) is 0. The van der Waals surface area contributed by atoms with Gasteiger partial charge in [0.15, 0.2) is 0 Å². The largest absolute Gasteiger partial charge is 0.423 e. The van der Waals surface area contributed by atoms with E-state index in [-0.39, 0.29) is 0 Å². The molecular weight excluding hydrogens is 328 g/mol. The average molecular weight is 342 g/mol. The van der Waals surface area contributed by atoms with Crippen molar-refractivity contribution in [2.45, 2.75) is 0 Å². The summed E-state index contributed by atoms with van der Waals surface area (Å²) in [6.45, 7) is 0. The van der Waals surface area contributed by atoms with Gasteiger partial charge in [0, 0.05) is 17.5 Å². The SMILES string of the molecule is O=C(Oc1ccc2ccc(=O)oc2c1)c1ccccc1-c1ccccc1. The summed E-state index contributed by atoms with van der Waals surface area (Å²) in [5.74, 6) is -0.151. The maximum Gasteiger partial charge on any atom is 0.344 e. The first-order chi connectivity index (χ1) is 12.7. The molecule has 4 aromatic rings. The topological polar surface area (TPSA) is 56.5 Å². The third kappa shape index (κ3) is 3.13. The fourth-order valence-electron chi connectivity index (χ4n) is 2.80. The lowest BCUT2D eigenvalue weighted by Crippen LogP contribution is -2.10. The molecule has 0 saturated carbocycles. The number of hydrogen-bond acceptors (Lipinski definition) is 4. The van der Waals surface area contributed by atoms with Crippen molar-refractivity contribution in [3.8, 4) is 16.9 Å². The molecule has 1 heterocycles. The Hall–Kier alpha value is -3.66. The van der Waals surface area contributed by atoms with E-state index in [9.17, 15) is 9.59 Å². The van der Waals surface area contributed by atoms with Crippen molar-refractivity contribution in [3.05, 3.63) is 101 Å². The van der Waals surface area contributed by atoms with Gasteiger partial charge in [0.1, 0.15) is 11.3 Å². The summed E-state index contributed by atoms with van der Waals surface area (Å²) in [6, 6.07) is 24.9. The fourth-order valence-corrected chi connectivity index (χ4v) is 2.80. The Morgan fingerprint density at radius 1 is 0.808 bits per heavy atom. The number of ether oxygens (including phenoxy) is 1. The van der Waals surface area contributed by atoms with Crippen LogP contribution in [0.5, 0.6) is 5.75 Å². The second-order valence-corrected chi connectivity index (χ2v) is 5.76. The van der Waals surface area contributed by atoms with Gasteiger partial charge in [-0.1, -0.05) is 48.5 Å². The molecular formula is C22H14O4. The second kappa shape index (κ2) is 6.69. The van der Waals surface area contributed by atoms with Gasteiger partial charge in [-0.3, -0.25) is 0 Å². The minimum atomic E-state index is -0.470. The van der Waals surface area contributed by atoms with Crippen molar-refractivity contribution in [3.63, 3.8) is 0 Å². The van der Waals surface area contributed by atoms with Gasteiger partial charge in [-0.2, -0.15) is 0 Å². The van der Waals surface area contributed by atoms with Gasteiger partial charge in [-0.05, 0) is 35.4 Å². The minimum absolute atomic E-state index is 0.319. The van der Waals surface area contributed by atoms with Crippen LogP contribution >= 0.6 is 0 Å². The third-order valence-electron chi connectivity index (χ3n) is 4.04. The number of carbonyl (C=O) groups is 1. The van der Waals surface area contributed by atoms with Crippen LogP contribution in [0.15, 0.2) is 94.1 Å². The zero-order valence-corrected chi connectivity index (χ0v) is 13.7. The minimum Gasteiger partial charge on any atom is -0.423 e. The highest BCUT2D eigenvalue weighted by atomic mass is 16.5. The quantitative estimate of drug-likeness (QED) is 0.308. The molecule has 126 valence electrons. The van der Waals surface area contributed by atoms with E-state index in [1.165, 1.54) is 6.07 Å². The van der Waals surface area contributed by atoms with Crippen LogP contribution in [0, 0.1) is 0 Å².